The maximum absolute atomic E-state index is 6.04. The molecule has 2 aliphatic heterocycles. The Hall–Kier alpha value is -0.730. The van der Waals surface area contributed by atoms with Crippen molar-refractivity contribution in [2.45, 2.75) is 50.7 Å². The van der Waals surface area contributed by atoms with Crippen LogP contribution in [0.15, 0.2) is 18.2 Å². The van der Waals surface area contributed by atoms with Crippen molar-refractivity contribution in [1.82, 2.24) is 5.32 Å². The van der Waals surface area contributed by atoms with Gasteiger partial charge in [-0.2, -0.15) is 0 Å². The smallest absolute Gasteiger partial charge is 0.0436 e. The molecule has 2 fully saturated rings. The van der Waals surface area contributed by atoms with E-state index in [1.54, 1.807) is 0 Å². The van der Waals surface area contributed by atoms with Gasteiger partial charge in [-0.3, -0.25) is 0 Å². The summed E-state index contributed by atoms with van der Waals surface area (Å²) in [5.41, 5.74) is 2.35. The van der Waals surface area contributed by atoms with E-state index in [1.807, 2.05) is 6.07 Å². The van der Waals surface area contributed by atoms with Crippen LogP contribution in [-0.4, -0.2) is 18.1 Å². The Morgan fingerprint density at radius 1 is 1.24 bits per heavy atom. The van der Waals surface area contributed by atoms with Crippen molar-refractivity contribution in [3.63, 3.8) is 0 Å². The minimum absolute atomic E-state index is 0.620. The second-order valence-electron chi connectivity index (χ2n) is 5.41. The second-order valence-corrected chi connectivity index (χ2v) is 5.82. The van der Waals surface area contributed by atoms with Gasteiger partial charge in [0.05, 0.1) is 0 Å². The first-order valence-electron chi connectivity index (χ1n) is 6.49. The highest BCUT2D eigenvalue weighted by Gasteiger charge is 2.33. The lowest BCUT2D eigenvalue weighted by atomic mass is 9.99. The van der Waals surface area contributed by atoms with Crippen LogP contribution in [0.3, 0.4) is 0 Å². The highest BCUT2D eigenvalue weighted by Crippen LogP contribution is 2.29. The quantitative estimate of drug-likeness (QED) is 0.841. The topological polar surface area (TPSA) is 24.1 Å². The van der Waals surface area contributed by atoms with Gasteiger partial charge in [0.1, 0.15) is 0 Å². The number of hydrogen-bond acceptors (Lipinski definition) is 2. The molecule has 0 saturated carbocycles. The number of anilines is 1. The maximum atomic E-state index is 6.04. The summed E-state index contributed by atoms with van der Waals surface area (Å²) < 4.78 is 0. The summed E-state index contributed by atoms with van der Waals surface area (Å²) in [6.07, 6.45) is 5.20. The van der Waals surface area contributed by atoms with Crippen LogP contribution in [-0.2, 0) is 0 Å². The van der Waals surface area contributed by atoms with Crippen LogP contribution in [0, 0.1) is 6.92 Å². The average Bonchev–Trinajstić information content (AvgIpc) is 2.64. The highest BCUT2D eigenvalue weighted by atomic mass is 35.5. The minimum Gasteiger partial charge on any atom is -0.382 e. The first-order valence-corrected chi connectivity index (χ1v) is 6.87. The van der Waals surface area contributed by atoms with Crippen LogP contribution in [0.25, 0.3) is 0 Å². The molecule has 2 unspecified atom stereocenters. The van der Waals surface area contributed by atoms with Gasteiger partial charge in [0.15, 0.2) is 0 Å². The third-order valence-electron chi connectivity index (χ3n) is 4.00. The molecule has 17 heavy (non-hydrogen) atoms. The van der Waals surface area contributed by atoms with Gasteiger partial charge >= 0.3 is 0 Å². The van der Waals surface area contributed by atoms with Gasteiger partial charge in [-0.25, -0.2) is 0 Å². The lowest BCUT2D eigenvalue weighted by Gasteiger charge is -2.30. The standard InChI is InChI=1S/C14H19ClN2/c1-9-6-10(4-5-14(9)15)17-13-7-11-2-3-12(8-13)16-11/h4-6,11-13,16-17H,2-3,7-8H2,1H3. The van der Waals surface area contributed by atoms with Crippen LogP contribution in [0.2, 0.25) is 5.02 Å². The number of benzene rings is 1. The number of rotatable bonds is 2. The molecule has 0 radical (unpaired) electrons. The van der Waals surface area contributed by atoms with E-state index in [1.165, 1.54) is 31.4 Å². The Morgan fingerprint density at radius 3 is 2.59 bits per heavy atom. The fourth-order valence-corrected chi connectivity index (χ4v) is 3.26. The van der Waals surface area contributed by atoms with E-state index < -0.39 is 0 Å². The molecule has 3 heteroatoms. The predicted octanol–water partition coefficient (Wildman–Crippen LogP) is 3.34. The number of hydrogen-bond donors (Lipinski definition) is 2. The van der Waals surface area contributed by atoms with E-state index in [4.69, 9.17) is 11.6 Å². The van der Waals surface area contributed by atoms with Crippen LogP contribution in [0.4, 0.5) is 5.69 Å². The lowest BCUT2D eigenvalue weighted by molar-refractivity contribution is 0.378. The molecule has 2 N–H and O–H groups in total. The van der Waals surface area contributed by atoms with E-state index in [9.17, 15) is 0 Å². The van der Waals surface area contributed by atoms with Gasteiger partial charge in [0.25, 0.3) is 0 Å². The average molecular weight is 251 g/mol. The monoisotopic (exact) mass is 250 g/mol. The van der Waals surface area contributed by atoms with Gasteiger partial charge in [-0.1, -0.05) is 11.6 Å². The lowest BCUT2D eigenvalue weighted by Crippen LogP contribution is -2.43. The summed E-state index contributed by atoms with van der Waals surface area (Å²) >= 11 is 6.04. The van der Waals surface area contributed by atoms with Gasteiger partial charge < -0.3 is 10.6 Å². The fourth-order valence-electron chi connectivity index (χ4n) is 3.15. The third kappa shape index (κ3) is 2.43. The third-order valence-corrected chi connectivity index (χ3v) is 4.43. The van der Waals surface area contributed by atoms with Crippen molar-refractivity contribution in [2.75, 3.05) is 5.32 Å². The van der Waals surface area contributed by atoms with Crippen molar-refractivity contribution < 1.29 is 0 Å². The molecule has 1 aromatic carbocycles. The summed E-state index contributed by atoms with van der Waals surface area (Å²) in [6, 6.07) is 8.30. The van der Waals surface area contributed by atoms with Crippen molar-refractivity contribution >= 4 is 17.3 Å². The van der Waals surface area contributed by atoms with E-state index in [2.05, 4.69) is 29.7 Å². The highest BCUT2D eigenvalue weighted by molar-refractivity contribution is 6.31. The van der Waals surface area contributed by atoms with Crippen molar-refractivity contribution in [3.8, 4) is 0 Å². The zero-order valence-electron chi connectivity index (χ0n) is 10.2. The van der Waals surface area contributed by atoms with E-state index >= 15 is 0 Å². The summed E-state index contributed by atoms with van der Waals surface area (Å²) in [5.74, 6) is 0. The molecule has 2 bridgehead atoms. The fraction of sp³-hybridized carbons (Fsp3) is 0.571. The van der Waals surface area contributed by atoms with E-state index in [0.717, 1.165) is 22.7 Å². The number of halogens is 1. The largest absolute Gasteiger partial charge is 0.382 e. The Balaban J connectivity index is 1.68. The summed E-state index contributed by atoms with van der Waals surface area (Å²) in [5, 5.41) is 8.16. The molecule has 2 saturated heterocycles. The first kappa shape index (κ1) is 11.4. The normalized spacial score (nSPS) is 31.5. The second kappa shape index (κ2) is 4.51. The Morgan fingerprint density at radius 2 is 1.94 bits per heavy atom. The molecule has 2 nitrogen and oxygen atoms in total. The molecule has 2 heterocycles. The SMILES string of the molecule is Cc1cc(NC2CC3CCC(C2)N3)ccc1Cl. The minimum atomic E-state index is 0.620. The predicted molar refractivity (Wildman–Crippen MR) is 72.8 cm³/mol. The van der Waals surface area contributed by atoms with Crippen molar-refractivity contribution in [2.24, 2.45) is 0 Å². The van der Waals surface area contributed by atoms with Crippen molar-refractivity contribution in [1.29, 1.82) is 0 Å². The van der Waals surface area contributed by atoms with Crippen molar-refractivity contribution in [3.05, 3.63) is 28.8 Å². The Bertz CT molecular complexity index is 407. The molecule has 0 amide bonds. The number of fused-ring (bicyclic) bond motifs is 2. The van der Waals surface area contributed by atoms with E-state index in [-0.39, 0.29) is 0 Å². The van der Waals surface area contributed by atoms with Crippen LogP contribution < -0.4 is 10.6 Å². The molecule has 92 valence electrons. The number of nitrogens with one attached hydrogen (secondary N) is 2. The van der Waals surface area contributed by atoms with Gasteiger partial charge in [0, 0.05) is 28.8 Å². The van der Waals surface area contributed by atoms with Crippen LogP contribution in [0.1, 0.15) is 31.2 Å². The summed E-state index contributed by atoms with van der Waals surface area (Å²) in [6.45, 7) is 2.06. The molecule has 1 aromatic rings. The summed E-state index contributed by atoms with van der Waals surface area (Å²) in [4.78, 5) is 0. The molecule has 2 atom stereocenters. The van der Waals surface area contributed by atoms with Gasteiger partial charge in [-0.05, 0) is 56.4 Å². The zero-order valence-corrected chi connectivity index (χ0v) is 10.9. The van der Waals surface area contributed by atoms with Gasteiger partial charge in [0.2, 0.25) is 0 Å². The molecule has 0 aliphatic carbocycles. The molecular weight excluding hydrogens is 232 g/mol. The van der Waals surface area contributed by atoms with Gasteiger partial charge in [-0.15, -0.1) is 0 Å². The molecule has 2 aliphatic rings. The molecule has 3 rings (SSSR count). The van der Waals surface area contributed by atoms with Crippen LogP contribution >= 0.6 is 11.6 Å². The first-order chi connectivity index (χ1) is 8.20. The summed E-state index contributed by atoms with van der Waals surface area (Å²) in [7, 11) is 0. The molecular formula is C14H19ClN2. The van der Waals surface area contributed by atoms with Crippen LogP contribution in [0.5, 0.6) is 0 Å². The Labute approximate surface area is 108 Å². The maximum Gasteiger partial charge on any atom is 0.0436 e. The van der Waals surface area contributed by atoms with E-state index in [0.29, 0.717) is 6.04 Å². The molecule has 0 aromatic heterocycles. The number of piperidine rings is 1. The zero-order chi connectivity index (χ0) is 11.8. The number of aryl methyl sites for hydroxylation is 1. The Kier molecular flexibility index (Phi) is 3.01. The molecule has 0 spiro atoms.